The quantitative estimate of drug-likeness (QED) is 0.354. The van der Waals surface area contributed by atoms with Crippen molar-refractivity contribution in [1.29, 1.82) is 0 Å². The summed E-state index contributed by atoms with van der Waals surface area (Å²) in [6.07, 6.45) is 0. The van der Waals surface area contributed by atoms with Crippen LogP contribution in [0.2, 0.25) is 0 Å². The molecule has 0 radical (unpaired) electrons. The number of methoxy groups -OCH3 is 1. The second-order valence-electron chi connectivity index (χ2n) is 7.13. The second-order valence-corrected chi connectivity index (χ2v) is 8.36. The van der Waals surface area contributed by atoms with Gasteiger partial charge >= 0.3 is 5.97 Å². The van der Waals surface area contributed by atoms with Crippen LogP contribution in [0.3, 0.4) is 0 Å². The predicted molar refractivity (Wildman–Crippen MR) is 126 cm³/mol. The van der Waals surface area contributed by atoms with Gasteiger partial charge in [-0.1, -0.05) is 54.6 Å². The molecule has 4 aromatic rings. The minimum absolute atomic E-state index is 0.260. The van der Waals surface area contributed by atoms with Crippen molar-refractivity contribution in [2.24, 2.45) is 0 Å². The van der Waals surface area contributed by atoms with Crippen LogP contribution >= 0.6 is 11.3 Å². The van der Waals surface area contributed by atoms with Gasteiger partial charge in [-0.25, -0.2) is 9.18 Å². The molecule has 0 unspecified atom stereocenters. The molecule has 0 aliphatic heterocycles. The Morgan fingerprint density at radius 2 is 1.44 bits per heavy atom. The lowest BCUT2D eigenvalue weighted by Gasteiger charge is -2.09. The summed E-state index contributed by atoms with van der Waals surface area (Å²) in [6, 6.07) is 23.0. The molecule has 0 bridgehead atoms. The number of hydrogen-bond donors (Lipinski definition) is 1. The summed E-state index contributed by atoms with van der Waals surface area (Å²) in [5.41, 5.74) is 4.09. The van der Waals surface area contributed by atoms with Gasteiger partial charge in [-0.05, 0) is 47.9 Å². The van der Waals surface area contributed by atoms with Gasteiger partial charge in [-0.3, -0.25) is 4.79 Å². The van der Waals surface area contributed by atoms with Crippen LogP contribution in [0.5, 0.6) is 0 Å². The van der Waals surface area contributed by atoms with Crippen molar-refractivity contribution in [3.05, 3.63) is 101 Å². The highest BCUT2D eigenvalue weighted by molar-refractivity contribution is 7.17. The van der Waals surface area contributed by atoms with Crippen LogP contribution in [-0.4, -0.2) is 19.0 Å². The van der Waals surface area contributed by atoms with E-state index in [1.807, 2.05) is 49.4 Å². The molecule has 0 aliphatic rings. The van der Waals surface area contributed by atoms with E-state index in [1.54, 1.807) is 24.3 Å². The number of carbonyl (C=O) groups is 2. The fourth-order valence-corrected chi connectivity index (χ4v) is 4.57. The molecular formula is C26H20FNO3S. The number of hydrogen-bond acceptors (Lipinski definition) is 4. The van der Waals surface area contributed by atoms with E-state index >= 15 is 0 Å². The number of rotatable bonds is 5. The van der Waals surface area contributed by atoms with Crippen LogP contribution in [0.25, 0.3) is 22.3 Å². The van der Waals surface area contributed by atoms with Gasteiger partial charge in [-0.15, -0.1) is 11.3 Å². The number of esters is 1. The SMILES string of the molecule is COC(=O)c1c(NC(=O)c2ccc(-c3ccccc3)cc2)sc(C)c1-c1ccc(F)cc1. The first-order valence-corrected chi connectivity index (χ1v) is 10.7. The zero-order valence-corrected chi connectivity index (χ0v) is 18.3. The molecule has 160 valence electrons. The summed E-state index contributed by atoms with van der Waals surface area (Å²) < 4.78 is 18.4. The van der Waals surface area contributed by atoms with Gasteiger partial charge in [0, 0.05) is 16.0 Å². The van der Waals surface area contributed by atoms with E-state index in [1.165, 1.54) is 30.6 Å². The van der Waals surface area contributed by atoms with Crippen LogP contribution < -0.4 is 5.32 Å². The third-order valence-corrected chi connectivity index (χ3v) is 6.11. The first-order chi connectivity index (χ1) is 15.5. The van der Waals surface area contributed by atoms with Gasteiger partial charge < -0.3 is 10.1 Å². The number of halogens is 1. The van der Waals surface area contributed by atoms with Crippen LogP contribution in [0.4, 0.5) is 9.39 Å². The van der Waals surface area contributed by atoms with Gasteiger partial charge in [-0.2, -0.15) is 0 Å². The fraction of sp³-hybridized carbons (Fsp3) is 0.0769. The zero-order chi connectivity index (χ0) is 22.7. The molecule has 4 rings (SSSR count). The zero-order valence-electron chi connectivity index (χ0n) is 17.5. The summed E-state index contributed by atoms with van der Waals surface area (Å²) in [6.45, 7) is 1.85. The molecule has 1 amide bonds. The lowest BCUT2D eigenvalue weighted by atomic mass is 10.0. The number of nitrogens with one attached hydrogen (secondary N) is 1. The number of thiophene rings is 1. The molecule has 0 atom stereocenters. The maximum absolute atomic E-state index is 13.4. The molecule has 6 heteroatoms. The van der Waals surface area contributed by atoms with Crippen molar-refractivity contribution < 1.29 is 18.7 Å². The number of amides is 1. The highest BCUT2D eigenvalue weighted by Crippen LogP contribution is 2.40. The van der Waals surface area contributed by atoms with Crippen LogP contribution in [0.15, 0.2) is 78.9 Å². The van der Waals surface area contributed by atoms with E-state index in [4.69, 9.17) is 4.74 Å². The van der Waals surface area contributed by atoms with Crippen molar-refractivity contribution in [3.63, 3.8) is 0 Å². The monoisotopic (exact) mass is 445 g/mol. The standard InChI is InChI=1S/C26H20FNO3S/c1-16-22(19-12-14-21(27)15-13-19)23(26(30)31-2)25(32-16)28-24(29)20-10-8-18(9-11-20)17-6-4-3-5-7-17/h3-15H,1-2H3,(H,28,29). The molecular weight excluding hydrogens is 425 g/mol. The number of ether oxygens (including phenoxy) is 1. The second kappa shape index (κ2) is 9.16. The highest BCUT2D eigenvalue weighted by Gasteiger charge is 2.25. The maximum atomic E-state index is 13.4. The topological polar surface area (TPSA) is 55.4 Å². The lowest BCUT2D eigenvalue weighted by Crippen LogP contribution is -2.14. The van der Waals surface area contributed by atoms with Crippen molar-refractivity contribution >= 4 is 28.2 Å². The third-order valence-electron chi connectivity index (χ3n) is 5.09. The molecule has 1 N–H and O–H groups in total. The van der Waals surface area contributed by atoms with E-state index < -0.39 is 5.97 Å². The molecule has 0 aliphatic carbocycles. The number of benzene rings is 3. The van der Waals surface area contributed by atoms with E-state index in [0.29, 0.717) is 21.7 Å². The maximum Gasteiger partial charge on any atom is 0.341 e. The summed E-state index contributed by atoms with van der Waals surface area (Å²) >= 11 is 1.28. The smallest absolute Gasteiger partial charge is 0.341 e. The van der Waals surface area contributed by atoms with E-state index in [9.17, 15) is 14.0 Å². The Morgan fingerprint density at radius 3 is 2.06 bits per heavy atom. The molecule has 4 nitrogen and oxygen atoms in total. The van der Waals surface area contributed by atoms with E-state index in [2.05, 4.69) is 5.32 Å². The van der Waals surface area contributed by atoms with Crippen LogP contribution in [0, 0.1) is 12.7 Å². The van der Waals surface area contributed by atoms with Crippen LogP contribution in [-0.2, 0) is 4.74 Å². The van der Waals surface area contributed by atoms with Crippen LogP contribution in [0.1, 0.15) is 25.6 Å². The van der Waals surface area contributed by atoms with Crippen molar-refractivity contribution in [2.45, 2.75) is 6.92 Å². The Balaban J connectivity index is 1.65. The molecule has 1 aromatic heterocycles. The Labute approximate surface area is 189 Å². The number of carbonyl (C=O) groups excluding carboxylic acids is 2. The summed E-state index contributed by atoms with van der Waals surface area (Å²) in [5.74, 6) is -1.27. The van der Waals surface area contributed by atoms with E-state index in [0.717, 1.165) is 16.0 Å². The van der Waals surface area contributed by atoms with Crippen molar-refractivity contribution in [2.75, 3.05) is 12.4 Å². The molecule has 3 aromatic carbocycles. The molecule has 32 heavy (non-hydrogen) atoms. The first-order valence-electron chi connectivity index (χ1n) is 9.92. The average Bonchev–Trinajstić information content (AvgIpc) is 3.15. The summed E-state index contributed by atoms with van der Waals surface area (Å²) in [5, 5.41) is 3.24. The largest absolute Gasteiger partial charge is 0.465 e. The lowest BCUT2D eigenvalue weighted by molar-refractivity contribution is 0.0603. The van der Waals surface area contributed by atoms with Gasteiger partial charge in [0.25, 0.3) is 5.91 Å². The highest BCUT2D eigenvalue weighted by atomic mass is 32.1. The Morgan fingerprint density at radius 1 is 0.844 bits per heavy atom. The van der Waals surface area contributed by atoms with Crippen molar-refractivity contribution in [3.8, 4) is 22.3 Å². The normalized spacial score (nSPS) is 10.6. The molecule has 0 fully saturated rings. The number of anilines is 1. The van der Waals surface area contributed by atoms with Gasteiger partial charge in [0.2, 0.25) is 0 Å². The van der Waals surface area contributed by atoms with Crippen molar-refractivity contribution in [1.82, 2.24) is 0 Å². The molecule has 0 saturated carbocycles. The summed E-state index contributed by atoms with van der Waals surface area (Å²) in [7, 11) is 1.29. The Bertz CT molecular complexity index is 1260. The Kier molecular flexibility index (Phi) is 6.14. The first kappa shape index (κ1) is 21.5. The molecule has 1 heterocycles. The molecule has 0 spiro atoms. The Hall–Kier alpha value is -3.77. The third kappa shape index (κ3) is 4.31. The van der Waals surface area contributed by atoms with Gasteiger partial charge in [0.15, 0.2) is 0 Å². The number of aryl methyl sites for hydroxylation is 1. The van der Waals surface area contributed by atoms with Gasteiger partial charge in [0.1, 0.15) is 16.4 Å². The minimum atomic E-state index is -0.566. The average molecular weight is 446 g/mol. The van der Waals surface area contributed by atoms with Gasteiger partial charge in [0.05, 0.1) is 7.11 Å². The predicted octanol–water partition coefficient (Wildman–Crippen LogP) is 6.57. The van der Waals surface area contributed by atoms with E-state index in [-0.39, 0.29) is 17.3 Å². The molecule has 0 saturated heterocycles. The minimum Gasteiger partial charge on any atom is -0.465 e. The fourth-order valence-electron chi connectivity index (χ4n) is 3.51. The summed E-state index contributed by atoms with van der Waals surface area (Å²) in [4.78, 5) is 26.3.